The second kappa shape index (κ2) is 8.87. The smallest absolute Gasteiger partial charge is 0.278 e. The van der Waals surface area contributed by atoms with Crippen molar-refractivity contribution < 1.29 is 9.59 Å². The van der Waals surface area contributed by atoms with Gasteiger partial charge in [0, 0.05) is 30.4 Å². The van der Waals surface area contributed by atoms with Crippen LogP contribution in [0.25, 0.3) is 5.69 Å². The van der Waals surface area contributed by atoms with E-state index in [-0.39, 0.29) is 17.5 Å². The number of nitrogens with zero attached hydrogens (tertiary/aromatic N) is 4. The lowest BCUT2D eigenvalue weighted by molar-refractivity contribution is 0.0827. The molecule has 1 heterocycles. The van der Waals surface area contributed by atoms with Gasteiger partial charge in [-0.25, -0.2) is 4.68 Å². The maximum absolute atomic E-state index is 12.9. The molecule has 0 spiro atoms. The van der Waals surface area contributed by atoms with Gasteiger partial charge in [0.05, 0.1) is 11.4 Å². The minimum atomic E-state index is -0.379. The van der Waals surface area contributed by atoms with Gasteiger partial charge in [0.15, 0.2) is 5.69 Å². The average molecular weight is 412 g/mol. The molecular formula is C21H22ClN5O2. The standard InChI is InChI=1S/C21H22ClN5O2/c1-4-7-18-19(24-25-27(18)17-11-6-9-15(22)13-17)20(28)23-16-10-5-8-14(12-16)21(29)26(2)3/h5-6,8-13H,4,7H2,1-3H3,(H,23,28). The van der Waals surface area contributed by atoms with Gasteiger partial charge in [0.2, 0.25) is 0 Å². The van der Waals surface area contributed by atoms with Crippen LogP contribution < -0.4 is 5.32 Å². The van der Waals surface area contributed by atoms with Crippen LogP contribution in [0.1, 0.15) is 39.9 Å². The number of hydrogen-bond acceptors (Lipinski definition) is 4. The third-order valence-corrected chi connectivity index (χ3v) is 4.53. The number of benzene rings is 2. The van der Waals surface area contributed by atoms with E-state index >= 15 is 0 Å². The van der Waals surface area contributed by atoms with Crippen LogP contribution in [0.4, 0.5) is 5.69 Å². The Morgan fingerprint density at radius 3 is 2.59 bits per heavy atom. The Labute approximate surface area is 174 Å². The summed E-state index contributed by atoms with van der Waals surface area (Å²) < 4.78 is 1.64. The zero-order valence-electron chi connectivity index (χ0n) is 16.5. The molecule has 0 radical (unpaired) electrons. The molecule has 0 unspecified atom stereocenters. The number of hydrogen-bond donors (Lipinski definition) is 1. The molecule has 7 nitrogen and oxygen atoms in total. The molecular weight excluding hydrogens is 390 g/mol. The highest BCUT2D eigenvalue weighted by Gasteiger charge is 2.21. The first-order valence-corrected chi connectivity index (χ1v) is 9.62. The normalized spacial score (nSPS) is 10.6. The second-order valence-corrected chi connectivity index (χ2v) is 7.20. The average Bonchev–Trinajstić information content (AvgIpc) is 3.11. The topological polar surface area (TPSA) is 80.1 Å². The quantitative estimate of drug-likeness (QED) is 0.668. The maximum atomic E-state index is 12.9. The van der Waals surface area contributed by atoms with E-state index in [0.29, 0.717) is 28.4 Å². The van der Waals surface area contributed by atoms with Gasteiger partial charge in [-0.3, -0.25) is 9.59 Å². The van der Waals surface area contributed by atoms with Crippen LogP contribution >= 0.6 is 11.6 Å². The van der Waals surface area contributed by atoms with Crippen LogP contribution in [0, 0.1) is 0 Å². The predicted molar refractivity (Wildman–Crippen MR) is 113 cm³/mol. The van der Waals surface area contributed by atoms with Gasteiger partial charge < -0.3 is 10.2 Å². The third kappa shape index (κ3) is 4.63. The van der Waals surface area contributed by atoms with E-state index in [2.05, 4.69) is 15.6 Å². The molecule has 2 amide bonds. The van der Waals surface area contributed by atoms with Crippen molar-refractivity contribution >= 4 is 29.1 Å². The first kappa shape index (κ1) is 20.5. The summed E-state index contributed by atoms with van der Waals surface area (Å²) in [7, 11) is 3.36. The van der Waals surface area contributed by atoms with E-state index in [1.54, 1.807) is 55.2 Å². The molecule has 2 aromatic carbocycles. The Balaban J connectivity index is 1.90. The number of nitrogens with one attached hydrogen (secondary N) is 1. The van der Waals surface area contributed by atoms with Crippen LogP contribution in [0.15, 0.2) is 48.5 Å². The van der Waals surface area contributed by atoms with Crippen LogP contribution in [0.3, 0.4) is 0 Å². The highest BCUT2D eigenvalue weighted by Crippen LogP contribution is 2.20. The summed E-state index contributed by atoms with van der Waals surface area (Å²) in [5, 5.41) is 11.7. The molecule has 0 saturated heterocycles. The lowest BCUT2D eigenvalue weighted by Crippen LogP contribution is -2.22. The molecule has 150 valence electrons. The molecule has 3 rings (SSSR count). The fourth-order valence-electron chi connectivity index (χ4n) is 2.93. The van der Waals surface area contributed by atoms with Gasteiger partial charge >= 0.3 is 0 Å². The lowest BCUT2D eigenvalue weighted by Gasteiger charge is -2.12. The van der Waals surface area contributed by atoms with Crippen LogP contribution in [0.2, 0.25) is 5.02 Å². The fourth-order valence-corrected chi connectivity index (χ4v) is 3.12. The van der Waals surface area contributed by atoms with Gasteiger partial charge in [-0.1, -0.05) is 42.3 Å². The van der Waals surface area contributed by atoms with E-state index < -0.39 is 0 Å². The Morgan fingerprint density at radius 1 is 1.14 bits per heavy atom. The van der Waals surface area contributed by atoms with Gasteiger partial charge in [-0.05, 0) is 42.8 Å². The summed E-state index contributed by atoms with van der Waals surface area (Å²) in [6.07, 6.45) is 1.45. The highest BCUT2D eigenvalue weighted by molar-refractivity contribution is 6.30. The number of carbonyl (C=O) groups is 2. The minimum Gasteiger partial charge on any atom is -0.345 e. The van der Waals surface area contributed by atoms with Crippen molar-refractivity contribution in [3.63, 3.8) is 0 Å². The van der Waals surface area contributed by atoms with Crippen molar-refractivity contribution in [1.82, 2.24) is 19.9 Å². The Morgan fingerprint density at radius 2 is 1.90 bits per heavy atom. The Bertz CT molecular complexity index is 1050. The Hall–Kier alpha value is -3.19. The zero-order chi connectivity index (χ0) is 21.0. The summed E-state index contributed by atoms with van der Waals surface area (Å²) in [5.74, 6) is -0.518. The molecule has 1 N–H and O–H groups in total. The fraction of sp³-hybridized carbons (Fsp3) is 0.238. The van der Waals surface area contributed by atoms with Crippen LogP contribution in [0.5, 0.6) is 0 Å². The first-order chi connectivity index (χ1) is 13.9. The number of halogens is 1. The first-order valence-electron chi connectivity index (χ1n) is 9.24. The van der Waals surface area contributed by atoms with E-state index in [9.17, 15) is 9.59 Å². The molecule has 3 aromatic rings. The van der Waals surface area contributed by atoms with Crippen molar-refractivity contribution in [2.24, 2.45) is 0 Å². The number of aromatic nitrogens is 3. The van der Waals surface area contributed by atoms with Crippen molar-refractivity contribution in [2.45, 2.75) is 19.8 Å². The molecule has 1 aromatic heterocycles. The van der Waals surface area contributed by atoms with Crippen molar-refractivity contribution in [3.8, 4) is 5.69 Å². The molecule has 0 fully saturated rings. The van der Waals surface area contributed by atoms with Crippen LogP contribution in [-0.2, 0) is 6.42 Å². The van der Waals surface area contributed by atoms with Gasteiger partial charge in [0.25, 0.3) is 11.8 Å². The van der Waals surface area contributed by atoms with Gasteiger partial charge in [-0.2, -0.15) is 0 Å². The van der Waals surface area contributed by atoms with E-state index in [4.69, 9.17) is 11.6 Å². The molecule has 0 aliphatic heterocycles. The molecule has 29 heavy (non-hydrogen) atoms. The summed E-state index contributed by atoms with van der Waals surface area (Å²) in [6.45, 7) is 2.02. The van der Waals surface area contributed by atoms with Gasteiger partial charge in [-0.15, -0.1) is 5.10 Å². The molecule has 0 bridgehead atoms. The van der Waals surface area contributed by atoms with Crippen molar-refractivity contribution in [3.05, 3.63) is 70.5 Å². The predicted octanol–water partition coefficient (Wildman–Crippen LogP) is 3.83. The van der Waals surface area contributed by atoms with E-state index in [1.165, 1.54) is 4.90 Å². The molecule has 0 aliphatic rings. The Kier molecular flexibility index (Phi) is 6.29. The number of amides is 2. The van der Waals surface area contributed by atoms with Crippen molar-refractivity contribution in [1.29, 1.82) is 0 Å². The van der Waals surface area contributed by atoms with E-state index in [0.717, 1.165) is 12.1 Å². The highest BCUT2D eigenvalue weighted by atomic mass is 35.5. The zero-order valence-corrected chi connectivity index (χ0v) is 17.3. The number of rotatable bonds is 6. The number of anilines is 1. The van der Waals surface area contributed by atoms with Crippen molar-refractivity contribution in [2.75, 3.05) is 19.4 Å². The maximum Gasteiger partial charge on any atom is 0.278 e. The molecule has 8 heteroatoms. The second-order valence-electron chi connectivity index (χ2n) is 6.76. The number of carbonyl (C=O) groups excluding carboxylic acids is 2. The summed E-state index contributed by atoms with van der Waals surface area (Å²) >= 11 is 6.09. The lowest BCUT2D eigenvalue weighted by atomic mass is 10.1. The monoisotopic (exact) mass is 411 g/mol. The molecule has 0 atom stereocenters. The largest absolute Gasteiger partial charge is 0.345 e. The molecule has 0 saturated carbocycles. The van der Waals surface area contributed by atoms with E-state index in [1.807, 2.05) is 19.1 Å². The summed E-state index contributed by atoms with van der Waals surface area (Å²) in [4.78, 5) is 26.5. The molecule has 0 aliphatic carbocycles. The minimum absolute atomic E-state index is 0.139. The SMILES string of the molecule is CCCc1c(C(=O)Nc2cccc(C(=O)N(C)C)c2)nnn1-c1cccc(Cl)c1. The van der Waals surface area contributed by atoms with Gasteiger partial charge in [0.1, 0.15) is 0 Å². The van der Waals surface area contributed by atoms with Crippen LogP contribution in [-0.4, -0.2) is 45.8 Å². The summed E-state index contributed by atoms with van der Waals surface area (Å²) in [5.41, 5.74) is 2.70. The third-order valence-electron chi connectivity index (χ3n) is 4.29. The summed E-state index contributed by atoms with van der Waals surface area (Å²) in [6, 6.07) is 14.0.